The molecule has 1 unspecified atom stereocenters. The molecule has 0 radical (unpaired) electrons. The third kappa shape index (κ3) is 6.31. The quantitative estimate of drug-likeness (QED) is 0.330. The van der Waals surface area contributed by atoms with Crippen LogP contribution in [0.4, 0.5) is 0 Å². The molecule has 0 saturated heterocycles. The first-order chi connectivity index (χ1) is 10.3. The number of allylic oxidation sites excluding steroid dienone is 2. The van der Waals surface area contributed by atoms with E-state index >= 15 is 0 Å². The van der Waals surface area contributed by atoms with Crippen molar-refractivity contribution in [3.8, 4) is 0 Å². The number of aliphatic hydroxyl groups is 1. The predicted molar refractivity (Wildman–Crippen MR) is 91.7 cm³/mol. The van der Waals surface area contributed by atoms with Crippen LogP contribution < -0.4 is 0 Å². The highest BCUT2D eigenvalue weighted by atomic mass is 16.3. The third-order valence-electron chi connectivity index (χ3n) is 4.67. The normalized spacial score (nSPS) is 22.1. The van der Waals surface area contributed by atoms with Crippen molar-refractivity contribution in [3.63, 3.8) is 0 Å². The van der Waals surface area contributed by atoms with Crippen molar-refractivity contribution in [3.05, 3.63) is 12.2 Å². The number of unbranched alkanes of at least 4 members (excludes halogenated alkanes) is 5. The molecule has 0 bridgehead atoms. The molecular weight excluding hydrogens is 260 g/mol. The summed E-state index contributed by atoms with van der Waals surface area (Å²) < 4.78 is 0.928. The van der Waals surface area contributed by atoms with Crippen molar-refractivity contribution in [1.29, 1.82) is 0 Å². The van der Waals surface area contributed by atoms with E-state index in [1.165, 1.54) is 44.4 Å². The van der Waals surface area contributed by atoms with Crippen LogP contribution in [0.5, 0.6) is 0 Å². The average Bonchev–Trinajstić information content (AvgIpc) is 2.89. The minimum absolute atomic E-state index is 0.268. The zero-order chi connectivity index (χ0) is 15.4. The van der Waals surface area contributed by atoms with E-state index in [2.05, 4.69) is 26.0 Å². The van der Waals surface area contributed by atoms with Gasteiger partial charge in [0.05, 0.1) is 19.7 Å². The van der Waals surface area contributed by atoms with Gasteiger partial charge in [-0.15, -0.1) is 0 Å². The summed E-state index contributed by atoms with van der Waals surface area (Å²) in [5.41, 5.74) is 0. The summed E-state index contributed by atoms with van der Waals surface area (Å²) in [5.74, 6) is 1.32. The van der Waals surface area contributed by atoms with Gasteiger partial charge in [0.1, 0.15) is 13.1 Å². The zero-order valence-electron chi connectivity index (χ0n) is 14.2. The van der Waals surface area contributed by atoms with E-state index in [9.17, 15) is 5.11 Å². The molecule has 0 aliphatic carbocycles. The van der Waals surface area contributed by atoms with E-state index < -0.39 is 0 Å². The fraction of sp³-hybridized carbons (Fsp3) is 0.833. The maximum atomic E-state index is 9.29. The van der Waals surface area contributed by atoms with Gasteiger partial charge in [0, 0.05) is 6.42 Å². The minimum Gasteiger partial charge on any atom is -0.390 e. The smallest absolute Gasteiger partial charge is 0.198 e. The average molecular weight is 295 g/mol. The van der Waals surface area contributed by atoms with Crippen LogP contribution in [0.1, 0.15) is 65.2 Å². The molecule has 1 aliphatic heterocycles. The van der Waals surface area contributed by atoms with Crippen LogP contribution in [-0.2, 0) is 0 Å². The van der Waals surface area contributed by atoms with Gasteiger partial charge < -0.3 is 5.11 Å². The topological polar surface area (TPSA) is 32.6 Å². The Kier molecular flexibility index (Phi) is 9.60. The molecule has 3 nitrogen and oxygen atoms in total. The predicted octanol–water partition coefficient (Wildman–Crippen LogP) is 3.92. The number of rotatable bonds is 12. The second-order valence-electron chi connectivity index (χ2n) is 6.14. The lowest BCUT2D eigenvalue weighted by Crippen LogP contribution is -2.52. The summed E-state index contributed by atoms with van der Waals surface area (Å²) >= 11 is 0. The lowest BCUT2D eigenvalue weighted by Gasteiger charge is -2.33. The number of hydrogen-bond acceptors (Lipinski definition) is 2. The molecule has 1 rings (SSSR count). The van der Waals surface area contributed by atoms with Crippen LogP contribution in [0.3, 0.4) is 0 Å². The molecule has 0 spiro atoms. The Balaban J connectivity index is 2.18. The molecule has 0 amide bonds. The highest BCUT2D eigenvalue weighted by Crippen LogP contribution is 2.19. The Hall–Kier alpha value is -0.670. The number of likely N-dealkylation sites (N-methyl/N-ethyl adjacent to an activating group) is 1. The van der Waals surface area contributed by atoms with E-state index in [0.717, 1.165) is 43.5 Å². The maximum Gasteiger partial charge on any atom is 0.198 e. The van der Waals surface area contributed by atoms with Crippen LogP contribution in [0.15, 0.2) is 17.1 Å². The lowest BCUT2D eigenvalue weighted by atomic mass is 10.1. The van der Waals surface area contributed by atoms with E-state index in [-0.39, 0.29) is 6.61 Å². The Morgan fingerprint density at radius 3 is 2.52 bits per heavy atom. The summed E-state index contributed by atoms with van der Waals surface area (Å²) in [6.45, 7) is 8.66. The van der Waals surface area contributed by atoms with Crippen LogP contribution in [0.2, 0.25) is 0 Å². The van der Waals surface area contributed by atoms with Gasteiger partial charge in [0.25, 0.3) is 0 Å². The molecule has 0 saturated carbocycles. The number of aliphatic imine (C=N–C) groups is 1. The van der Waals surface area contributed by atoms with Crippen molar-refractivity contribution in [2.45, 2.75) is 65.2 Å². The van der Waals surface area contributed by atoms with E-state index in [1.807, 2.05) is 0 Å². The second kappa shape index (κ2) is 11.0. The van der Waals surface area contributed by atoms with Gasteiger partial charge in [-0.3, -0.25) is 4.48 Å². The highest BCUT2D eigenvalue weighted by Gasteiger charge is 2.35. The summed E-state index contributed by atoms with van der Waals surface area (Å²) in [7, 11) is 0. The standard InChI is InChI=1S/C18H35N2O/c1-3-5-6-7-8-9-10-11-12-13-18-19-14-15-20(18,4-2)16-17-21/h9-10,21H,3-8,11-17H2,1-2H3/q+1/b10-9+. The molecule has 0 fully saturated rings. The minimum atomic E-state index is 0.268. The van der Waals surface area contributed by atoms with Gasteiger partial charge in [-0.1, -0.05) is 38.3 Å². The molecular formula is C18H35N2O+. The van der Waals surface area contributed by atoms with Crippen molar-refractivity contribution >= 4 is 5.84 Å². The molecule has 1 N–H and O–H groups in total. The Morgan fingerprint density at radius 1 is 1.10 bits per heavy atom. The Bertz CT molecular complexity index is 325. The first-order valence-corrected chi connectivity index (χ1v) is 8.95. The van der Waals surface area contributed by atoms with Crippen LogP contribution >= 0.6 is 0 Å². The van der Waals surface area contributed by atoms with E-state index in [1.54, 1.807) is 0 Å². The number of quaternary nitrogens is 1. The molecule has 122 valence electrons. The van der Waals surface area contributed by atoms with E-state index in [4.69, 9.17) is 4.99 Å². The third-order valence-corrected chi connectivity index (χ3v) is 4.67. The van der Waals surface area contributed by atoms with Crippen LogP contribution in [-0.4, -0.2) is 48.2 Å². The Morgan fingerprint density at radius 2 is 1.86 bits per heavy atom. The molecule has 21 heavy (non-hydrogen) atoms. The maximum absolute atomic E-state index is 9.29. The summed E-state index contributed by atoms with van der Waals surface area (Å²) in [5, 5.41) is 9.29. The fourth-order valence-electron chi connectivity index (χ4n) is 3.20. The van der Waals surface area contributed by atoms with E-state index in [0.29, 0.717) is 0 Å². The highest BCUT2D eigenvalue weighted by molar-refractivity contribution is 5.76. The van der Waals surface area contributed by atoms with Gasteiger partial charge in [0.15, 0.2) is 5.84 Å². The molecule has 1 aliphatic rings. The second-order valence-corrected chi connectivity index (χ2v) is 6.14. The molecule has 1 atom stereocenters. The van der Waals surface area contributed by atoms with Gasteiger partial charge in [-0.05, 0) is 32.6 Å². The van der Waals surface area contributed by atoms with Crippen molar-refractivity contribution in [1.82, 2.24) is 0 Å². The lowest BCUT2D eigenvalue weighted by molar-refractivity contribution is -0.835. The van der Waals surface area contributed by atoms with Crippen LogP contribution in [0, 0.1) is 0 Å². The summed E-state index contributed by atoms with van der Waals surface area (Å²) in [4.78, 5) is 4.70. The van der Waals surface area contributed by atoms with Gasteiger partial charge in [-0.25, -0.2) is 4.99 Å². The van der Waals surface area contributed by atoms with Gasteiger partial charge in [-0.2, -0.15) is 0 Å². The SMILES string of the molecule is CCCCCC/C=C/CCCC1=NCC[N+]1(CC)CCO. The van der Waals surface area contributed by atoms with Gasteiger partial charge >= 0.3 is 0 Å². The van der Waals surface area contributed by atoms with Crippen molar-refractivity contribution in [2.75, 3.05) is 32.8 Å². The zero-order valence-corrected chi connectivity index (χ0v) is 14.2. The first kappa shape index (κ1) is 18.4. The molecule has 1 heterocycles. The number of aliphatic hydroxyl groups excluding tert-OH is 1. The summed E-state index contributed by atoms with van der Waals surface area (Å²) in [6.07, 6.45) is 14.8. The fourth-order valence-corrected chi connectivity index (χ4v) is 3.20. The van der Waals surface area contributed by atoms with Gasteiger partial charge in [0.2, 0.25) is 0 Å². The van der Waals surface area contributed by atoms with Crippen molar-refractivity contribution < 1.29 is 9.59 Å². The molecule has 0 aromatic carbocycles. The number of amidine groups is 1. The monoisotopic (exact) mass is 295 g/mol. The summed E-state index contributed by atoms with van der Waals surface area (Å²) in [6, 6.07) is 0. The molecule has 0 aromatic heterocycles. The largest absolute Gasteiger partial charge is 0.390 e. The number of hydrogen-bond donors (Lipinski definition) is 1. The number of nitrogens with zero attached hydrogens (tertiary/aromatic N) is 2. The van der Waals surface area contributed by atoms with Crippen molar-refractivity contribution in [2.24, 2.45) is 4.99 Å². The Labute approximate surface area is 131 Å². The molecule has 3 heteroatoms. The molecule has 0 aromatic rings. The first-order valence-electron chi connectivity index (χ1n) is 8.95. The van der Waals surface area contributed by atoms with Crippen LogP contribution in [0.25, 0.3) is 0 Å².